The lowest BCUT2D eigenvalue weighted by atomic mass is 9.81. The number of likely N-dealkylation sites (tertiary alicyclic amines) is 1. The van der Waals surface area contributed by atoms with Crippen molar-refractivity contribution in [3.8, 4) is 0 Å². The number of hydrogen-bond donors (Lipinski definition) is 1. The summed E-state index contributed by atoms with van der Waals surface area (Å²) in [5.41, 5.74) is -2.17. The zero-order chi connectivity index (χ0) is 18.4. The zero-order valence-electron chi connectivity index (χ0n) is 13.2. The fourth-order valence-electron chi connectivity index (χ4n) is 3.53. The summed E-state index contributed by atoms with van der Waals surface area (Å²) in [4.78, 5) is 31.1. The van der Waals surface area contributed by atoms with Gasteiger partial charge in [-0.05, 0) is 12.1 Å². The molecule has 1 amide bonds. The molecular weight excluding hydrogens is 339 g/mol. The number of hydrogen-bond acceptors (Lipinski definition) is 4. The number of alkyl halides is 3. The van der Waals surface area contributed by atoms with Gasteiger partial charge < -0.3 is 14.9 Å². The van der Waals surface area contributed by atoms with Crippen LogP contribution >= 0.6 is 0 Å². The highest BCUT2D eigenvalue weighted by molar-refractivity contribution is 5.93. The first-order valence-electron chi connectivity index (χ1n) is 7.60. The second-order valence-electron chi connectivity index (χ2n) is 6.30. The van der Waals surface area contributed by atoms with Gasteiger partial charge in [-0.15, -0.1) is 6.58 Å². The van der Waals surface area contributed by atoms with Gasteiger partial charge in [0.25, 0.3) is 0 Å². The minimum absolute atomic E-state index is 0.0186. The molecule has 0 spiro atoms. The molecule has 1 aromatic heterocycles. The van der Waals surface area contributed by atoms with E-state index in [2.05, 4.69) is 11.6 Å². The average Bonchev–Trinajstić information content (AvgIpc) is 3.04. The van der Waals surface area contributed by atoms with Crippen LogP contribution in [0.25, 0.3) is 0 Å². The van der Waals surface area contributed by atoms with Gasteiger partial charge in [-0.1, -0.05) is 6.08 Å². The van der Waals surface area contributed by atoms with Gasteiger partial charge >= 0.3 is 12.1 Å². The highest BCUT2D eigenvalue weighted by atomic mass is 19.4. The molecule has 9 heteroatoms. The number of fused-ring (bicyclic) bond motifs is 1. The highest BCUT2D eigenvalue weighted by Gasteiger charge is 2.62. The zero-order valence-corrected chi connectivity index (χ0v) is 13.2. The lowest BCUT2D eigenvalue weighted by Crippen LogP contribution is -2.41. The number of pyridine rings is 1. The second kappa shape index (κ2) is 5.75. The SMILES string of the molecule is C=CCN1C[C@@]2(C(=O)O)CN(c3ccc(C(F)(F)F)cn3)C[C@H]2C1=O. The van der Waals surface area contributed by atoms with E-state index in [1.54, 1.807) is 4.90 Å². The van der Waals surface area contributed by atoms with Gasteiger partial charge in [-0.25, -0.2) is 4.98 Å². The fourth-order valence-corrected chi connectivity index (χ4v) is 3.53. The second-order valence-corrected chi connectivity index (χ2v) is 6.30. The molecule has 0 bridgehead atoms. The van der Waals surface area contributed by atoms with Crippen LogP contribution in [0.2, 0.25) is 0 Å². The highest BCUT2D eigenvalue weighted by Crippen LogP contribution is 2.44. The number of carbonyl (C=O) groups excluding carboxylic acids is 1. The Labute approximate surface area is 141 Å². The van der Waals surface area contributed by atoms with Crippen molar-refractivity contribution in [2.75, 3.05) is 31.1 Å². The maximum atomic E-state index is 12.6. The van der Waals surface area contributed by atoms with E-state index in [4.69, 9.17) is 0 Å². The van der Waals surface area contributed by atoms with E-state index < -0.39 is 29.0 Å². The Hall–Kier alpha value is -2.58. The number of anilines is 1. The van der Waals surface area contributed by atoms with Gasteiger partial charge in [0.2, 0.25) is 5.91 Å². The first-order chi connectivity index (χ1) is 11.7. The molecule has 3 heterocycles. The summed E-state index contributed by atoms with van der Waals surface area (Å²) in [6.07, 6.45) is -2.25. The van der Waals surface area contributed by atoms with Crippen LogP contribution in [0.15, 0.2) is 31.0 Å². The van der Waals surface area contributed by atoms with Gasteiger partial charge in [-0.3, -0.25) is 9.59 Å². The van der Waals surface area contributed by atoms with Crippen LogP contribution in [0.5, 0.6) is 0 Å². The topological polar surface area (TPSA) is 73.7 Å². The lowest BCUT2D eigenvalue weighted by Gasteiger charge is -2.25. The summed E-state index contributed by atoms with van der Waals surface area (Å²) < 4.78 is 37.9. The molecule has 0 unspecified atom stereocenters. The van der Waals surface area contributed by atoms with Crippen LogP contribution in [-0.4, -0.2) is 53.0 Å². The first-order valence-corrected chi connectivity index (χ1v) is 7.60. The predicted molar refractivity (Wildman–Crippen MR) is 81.8 cm³/mol. The van der Waals surface area contributed by atoms with Gasteiger partial charge in [0.15, 0.2) is 0 Å². The summed E-state index contributed by atoms with van der Waals surface area (Å²) in [5, 5.41) is 9.69. The Bertz CT molecular complexity index is 720. The van der Waals surface area contributed by atoms with Gasteiger partial charge in [-0.2, -0.15) is 13.2 Å². The maximum absolute atomic E-state index is 12.6. The van der Waals surface area contributed by atoms with Crippen molar-refractivity contribution in [2.45, 2.75) is 6.18 Å². The molecule has 25 heavy (non-hydrogen) atoms. The molecule has 1 N–H and O–H groups in total. The summed E-state index contributed by atoms with van der Waals surface area (Å²) in [5.74, 6) is -1.90. The van der Waals surface area contributed by atoms with Gasteiger partial charge in [0.1, 0.15) is 11.2 Å². The number of halogens is 3. The van der Waals surface area contributed by atoms with Gasteiger partial charge in [0, 0.05) is 32.4 Å². The summed E-state index contributed by atoms with van der Waals surface area (Å²) in [6, 6.07) is 2.10. The third-order valence-electron chi connectivity index (χ3n) is 4.80. The maximum Gasteiger partial charge on any atom is 0.417 e. The smallest absolute Gasteiger partial charge is 0.417 e. The Kier molecular flexibility index (Phi) is 3.97. The lowest BCUT2D eigenvalue weighted by molar-refractivity contribution is -0.149. The normalized spacial score (nSPS) is 26.0. The van der Waals surface area contributed by atoms with Crippen molar-refractivity contribution in [1.82, 2.24) is 9.88 Å². The predicted octanol–water partition coefficient (Wildman–Crippen LogP) is 1.64. The molecule has 0 radical (unpaired) electrons. The minimum Gasteiger partial charge on any atom is -0.481 e. The summed E-state index contributed by atoms with van der Waals surface area (Å²) in [6.45, 7) is 4.00. The monoisotopic (exact) mass is 355 g/mol. The van der Waals surface area contributed by atoms with Crippen molar-refractivity contribution < 1.29 is 27.9 Å². The number of carboxylic acids is 1. The Morgan fingerprint density at radius 3 is 2.64 bits per heavy atom. The van der Waals surface area contributed by atoms with Crippen LogP contribution in [0.4, 0.5) is 19.0 Å². The molecule has 2 aliphatic rings. The largest absolute Gasteiger partial charge is 0.481 e. The van der Waals surface area contributed by atoms with Crippen molar-refractivity contribution in [3.63, 3.8) is 0 Å². The summed E-state index contributed by atoms with van der Waals surface area (Å²) in [7, 11) is 0. The Morgan fingerprint density at radius 1 is 1.44 bits per heavy atom. The number of carboxylic acid groups (broad SMARTS) is 1. The molecule has 0 saturated carbocycles. The van der Waals surface area contributed by atoms with E-state index in [1.807, 2.05) is 0 Å². The van der Waals surface area contributed by atoms with Crippen molar-refractivity contribution in [3.05, 3.63) is 36.5 Å². The number of aliphatic carboxylic acids is 1. The van der Waals surface area contributed by atoms with Crippen LogP contribution in [0.1, 0.15) is 5.56 Å². The van der Waals surface area contributed by atoms with Crippen molar-refractivity contribution >= 4 is 17.7 Å². The molecule has 6 nitrogen and oxygen atoms in total. The van der Waals surface area contributed by atoms with E-state index in [1.165, 1.54) is 17.0 Å². The summed E-state index contributed by atoms with van der Waals surface area (Å²) >= 11 is 0. The molecule has 0 aliphatic carbocycles. The minimum atomic E-state index is -4.49. The number of amides is 1. The third kappa shape index (κ3) is 2.73. The number of rotatable bonds is 4. The molecule has 2 atom stereocenters. The first kappa shape index (κ1) is 17.2. The van der Waals surface area contributed by atoms with E-state index in [-0.39, 0.29) is 37.9 Å². The molecule has 2 fully saturated rings. The molecule has 2 aliphatic heterocycles. The van der Waals surface area contributed by atoms with E-state index >= 15 is 0 Å². The van der Waals surface area contributed by atoms with Gasteiger partial charge in [0.05, 0.1) is 11.5 Å². The molecule has 0 aromatic carbocycles. The Morgan fingerprint density at radius 2 is 2.16 bits per heavy atom. The number of carbonyl (C=O) groups is 2. The molecule has 134 valence electrons. The van der Waals surface area contributed by atoms with E-state index in [0.717, 1.165) is 6.07 Å². The standard InChI is InChI=1S/C16H16F3N3O3/c1-2-5-21-8-15(14(24)25)9-22(7-11(15)13(21)23)12-4-3-10(6-20-12)16(17,18)19/h2-4,6,11H,1,5,7-9H2,(H,24,25)/t11-,15+/m0/s1. The average molecular weight is 355 g/mol. The van der Waals surface area contributed by atoms with Crippen LogP contribution in [0.3, 0.4) is 0 Å². The molecule has 1 aromatic rings. The third-order valence-corrected chi connectivity index (χ3v) is 4.80. The number of aromatic nitrogens is 1. The molecule has 3 rings (SSSR count). The van der Waals surface area contributed by atoms with Crippen LogP contribution < -0.4 is 4.90 Å². The Balaban J connectivity index is 1.86. The quantitative estimate of drug-likeness (QED) is 0.831. The molecular formula is C16H16F3N3O3. The van der Waals surface area contributed by atoms with E-state index in [0.29, 0.717) is 6.20 Å². The van der Waals surface area contributed by atoms with Crippen molar-refractivity contribution in [2.24, 2.45) is 11.3 Å². The van der Waals surface area contributed by atoms with Crippen molar-refractivity contribution in [1.29, 1.82) is 0 Å². The fraction of sp³-hybridized carbons (Fsp3) is 0.438. The number of nitrogens with zero attached hydrogens (tertiary/aromatic N) is 3. The van der Waals surface area contributed by atoms with Crippen LogP contribution in [-0.2, 0) is 15.8 Å². The van der Waals surface area contributed by atoms with E-state index in [9.17, 15) is 27.9 Å². The van der Waals surface area contributed by atoms with Crippen LogP contribution in [0, 0.1) is 11.3 Å². The molecule has 2 saturated heterocycles.